The number of hydrogen-bond acceptors (Lipinski definition) is 3. The first-order valence-corrected chi connectivity index (χ1v) is 6.11. The van der Waals surface area contributed by atoms with E-state index in [4.69, 9.17) is 5.11 Å². The van der Waals surface area contributed by atoms with E-state index >= 15 is 0 Å². The van der Waals surface area contributed by atoms with E-state index in [2.05, 4.69) is 4.90 Å². The van der Waals surface area contributed by atoms with Gasteiger partial charge in [-0.1, -0.05) is 12.1 Å². The molecule has 0 atom stereocenters. The highest BCUT2D eigenvalue weighted by atomic mass is 32.2. The van der Waals surface area contributed by atoms with Crippen molar-refractivity contribution in [2.45, 2.75) is 11.8 Å². The molecule has 0 aliphatic carbocycles. The molecule has 1 N–H and O–H groups in total. The minimum absolute atomic E-state index is 0.406. The first-order chi connectivity index (χ1) is 7.52. The third-order valence-corrected chi connectivity index (χ3v) is 3.44. The fourth-order valence-electron chi connectivity index (χ4n) is 1.34. The second-order valence-electron chi connectivity index (χ2n) is 3.91. The number of rotatable bonds is 5. The third kappa shape index (κ3) is 3.54. The maximum absolute atomic E-state index is 11.0. The van der Waals surface area contributed by atoms with Crippen LogP contribution >= 0.6 is 11.8 Å². The van der Waals surface area contributed by atoms with E-state index in [9.17, 15) is 4.79 Å². The molecular weight excluding hydrogens is 222 g/mol. The smallest absolute Gasteiger partial charge is 0.336 e. The van der Waals surface area contributed by atoms with Crippen molar-refractivity contribution in [2.75, 3.05) is 26.4 Å². The average Bonchev–Trinajstić information content (AvgIpc) is 2.19. The van der Waals surface area contributed by atoms with Crippen molar-refractivity contribution in [2.24, 2.45) is 0 Å². The second-order valence-corrected chi connectivity index (χ2v) is 5.01. The van der Waals surface area contributed by atoms with E-state index in [0.29, 0.717) is 5.56 Å². The normalized spacial score (nSPS) is 10.8. The van der Waals surface area contributed by atoms with Crippen LogP contribution in [0, 0.1) is 6.92 Å². The molecule has 0 unspecified atom stereocenters. The number of thioether (sulfide) groups is 1. The number of carboxylic acid groups (broad SMARTS) is 1. The van der Waals surface area contributed by atoms with Crippen molar-refractivity contribution in [3.05, 3.63) is 29.3 Å². The van der Waals surface area contributed by atoms with Crippen molar-refractivity contribution in [1.29, 1.82) is 0 Å². The minimum Gasteiger partial charge on any atom is -0.478 e. The van der Waals surface area contributed by atoms with Gasteiger partial charge in [-0.2, -0.15) is 0 Å². The first-order valence-electron chi connectivity index (χ1n) is 5.13. The second kappa shape index (κ2) is 5.92. The number of aryl methyl sites for hydroxylation is 1. The Morgan fingerprint density at radius 3 is 2.69 bits per heavy atom. The summed E-state index contributed by atoms with van der Waals surface area (Å²) in [6, 6.07) is 5.40. The Kier molecular flexibility index (Phi) is 4.83. The molecule has 0 bridgehead atoms. The van der Waals surface area contributed by atoms with Gasteiger partial charge < -0.3 is 10.0 Å². The van der Waals surface area contributed by atoms with Gasteiger partial charge in [-0.25, -0.2) is 4.79 Å². The Labute approximate surface area is 100 Å². The summed E-state index contributed by atoms with van der Waals surface area (Å²) in [5.74, 6) is 0.0500. The molecule has 1 aromatic rings. The lowest BCUT2D eigenvalue weighted by Gasteiger charge is -2.12. The summed E-state index contributed by atoms with van der Waals surface area (Å²) in [6.45, 7) is 2.89. The fraction of sp³-hybridized carbons (Fsp3) is 0.417. The number of hydrogen-bond donors (Lipinski definition) is 1. The summed E-state index contributed by atoms with van der Waals surface area (Å²) < 4.78 is 0. The van der Waals surface area contributed by atoms with Crippen LogP contribution < -0.4 is 0 Å². The van der Waals surface area contributed by atoms with Gasteiger partial charge in [0.2, 0.25) is 0 Å². The molecule has 0 aliphatic heterocycles. The molecule has 0 spiro atoms. The van der Waals surface area contributed by atoms with Gasteiger partial charge in [0, 0.05) is 17.2 Å². The lowest BCUT2D eigenvalue weighted by atomic mass is 10.1. The molecule has 1 rings (SSSR count). The highest BCUT2D eigenvalue weighted by molar-refractivity contribution is 7.99. The van der Waals surface area contributed by atoms with Crippen molar-refractivity contribution < 1.29 is 9.90 Å². The molecule has 0 radical (unpaired) electrons. The number of carbonyl (C=O) groups is 1. The average molecular weight is 239 g/mol. The van der Waals surface area contributed by atoms with Crippen LogP contribution in [0.4, 0.5) is 0 Å². The van der Waals surface area contributed by atoms with Gasteiger partial charge in [-0.3, -0.25) is 0 Å². The van der Waals surface area contributed by atoms with Crippen LogP contribution in [-0.2, 0) is 0 Å². The minimum atomic E-state index is -0.851. The standard InChI is InChI=1S/C12H17NO2S/c1-9-5-4-6-10(12(14)15)11(9)16-8-7-13(2)3/h4-6H,7-8H2,1-3H3,(H,14,15). The molecule has 0 aliphatic rings. The van der Waals surface area contributed by atoms with Crippen molar-refractivity contribution in [1.82, 2.24) is 4.90 Å². The van der Waals surface area contributed by atoms with Crippen LogP contribution in [0.5, 0.6) is 0 Å². The molecule has 3 nitrogen and oxygen atoms in total. The van der Waals surface area contributed by atoms with Gasteiger partial charge in [0.05, 0.1) is 5.56 Å². The molecular formula is C12H17NO2S. The Morgan fingerprint density at radius 2 is 2.12 bits per heavy atom. The maximum atomic E-state index is 11.0. The van der Waals surface area contributed by atoms with Gasteiger partial charge in [-0.05, 0) is 32.6 Å². The Balaban J connectivity index is 2.80. The van der Waals surface area contributed by atoms with E-state index in [1.54, 1.807) is 23.9 Å². The maximum Gasteiger partial charge on any atom is 0.336 e. The summed E-state index contributed by atoms with van der Waals surface area (Å²) in [4.78, 5) is 14.0. The van der Waals surface area contributed by atoms with Crippen molar-refractivity contribution in [3.8, 4) is 0 Å². The van der Waals surface area contributed by atoms with Crippen molar-refractivity contribution >= 4 is 17.7 Å². The third-order valence-electron chi connectivity index (χ3n) is 2.23. The SMILES string of the molecule is Cc1cccc(C(=O)O)c1SCCN(C)C. The first kappa shape index (κ1) is 13.1. The molecule has 0 heterocycles. The van der Waals surface area contributed by atoms with Gasteiger partial charge in [-0.15, -0.1) is 11.8 Å². The Morgan fingerprint density at radius 1 is 1.44 bits per heavy atom. The number of carboxylic acids is 1. The predicted molar refractivity (Wildman–Crippen MR) is 67.4 cm³/mol. The molecule has 88 valence electrons. The highest BCUT2D eigenvalue weighted by Crippen LogP contribution is 2.26. The molecule has 0 amide bonds. The van der Waals surface area contributed by atoms with E-state index in [-0.39, 0.29) is 0 Å². The fourth-order valence-corrected chi connectivity index (χ4v) is 2.61. The lowest BCUT2D eigenvalue weighted by Crippen LogP contribution is -2.15. The van der Waals surface area contributed by atoms with Crippen LogP contribution in [-0.4, -0.2) is 42.4 Å². The molecule has 0 saturated heterocycles. The van der Waals surface area contributed by atoms with Gasteiger partial charge in [0.1, 0.15) is 0 Å². The van der Waals surface area contributed by atoms with Crippen LogP contribution in [0.3, 0.4) is 0 Å². The summed E-state index contributed by atoms with van der Waals surface area (Å²) in [6.07, 6.45) is 0. The number of aromatic carboxylic acids is 1. The number of benzene rings is 1. The summed E-state index contributed by atoms with van der Waals surface area (Å²) in [7, 11) is 4.02. The molecule has 0 aromatic heterocycles. The Bertz CT molecular complexity index is 377. The van der Waals surface area contributed by atoms with E-state index in [0.717, 1.165) is 22.8 Å². The van der Waals surface area contributed by atoms with E-state index < -0.39 is 5.97 Å². The summed E-state index contributed by atoms with van der Waals surface area (Å²) in [5.41, 5.74) is 1.44. The van der Waals surface area contributed by atoms with Crippen LogP contribution in [0.1, 0.15) is 15.9 Å². The molecule has 16 heavy (non-hydrogen) atoms. The predicted octanol–water partition coefficient (Wildman–Crippen LogP) is 2.35. The topological polar surface area (TPSA) is 40.5 Å². The van der Waals surface area contributed by atoms with Crippen molar-refractivity contribution in [3.63, 3.8) is 0 Å². The van der Waals surface area contributed by atoms with Crippen LogP contribution in [0.2, 0.25) is 0 Å². The Hall–Kier alpha value is -1.00. The molecule has 4 heteroatoms. The molecule has 0 fully saturated rings. The van der Waals surface area contributed by atoms with Crippen LogP contribution in [0.25, 0.3) is 0 Å². The zero-order valence-electron chi connectivity index (χ0n) is 9.86. The summed E-state index contributed by atoms with van der Waals surface area (Å²) >= 11 is 1.61. The van der Waals surface area contributed by atoms with Gasteiger partial charge >= 0.3 is 5.97 Å². The molecule has 1 aromatic carbocycles. The summed E-state index contributed by atoms with van der Waals surface area (Å²) in [5, 5.41) is 9.07. The van der Waals surface area contributed by atoms with E-state index in [1.165, 1.54) is 0 Å². The largest absolute Gasteiger partial charge is 0.478 e. The zero-order valence-corrected chi connectivity index (χ0v) is 10.7. The zero-order chi connectivity index (χ0) is 12.1. The monoisotopic (exact) mass is 239 g/mol. The quantitative estimate of drug-likeness (QED) is 0.801. The van der Waals surface area contributed by atoms with E-state index in [1.807, 2.05) is 27.1 Å². The highest BCUT2D eigenvalue weighted by Gasteiger charge is 2.11. The number of nitrogens with zero attached hydrogens (tertiary/aromatic N) is 1. The van der Waals surface area contributed by atoms with Gasteiger partial charge in [0.15, 0.2) is 0 Å². The van der Waals surface area contributed by atoms with Crippen LogP contribution in [0.15, 0.2) is 23.1 Å². The van der Waals surface area contributed by atoms with Gasteiger partial charge in [0.25, 0.3) is 0 Å². The lowest BCUT2D eigenvalue weighted by molar-refractivity contribution is 0.0693. The molecule has 0 saturated carbocycles.